The molecule has 134 valence electrons. The minimum absolute atomic E-state index is 0. The molecule has 0 unspecified atom stereocenters. The second kappa shape index (κ2) is 8.04. The molecule has 0 radical (unpaired) electrons. The number of benzene rings is 2. The van der Waals surface area contributed by atoms with Gasteiger partial charge < -0.3 is 0 Å². The van der Waals surface area contributed by atoms with E-state index in [2.05, 4.69) is 76.2 Å². The summed E-state index contributed by atoms with van der Waals surface area (Å²) in [7, 11) is 0. The summed E-state index contributed by atoms with van der Waals surface area (Å²) in [6.45, 7) is 9.01. The van der Waals surface area contributed by atoms with Gasteiger partial charge >= 0.3 is 0 Å². The van der Waals surface area contributed by atoms with Crippen LogP contribution in [0.25, 0.3) is 12.2 Å². The van der Waals surface area contributed by atoms with Gasteiger partial charge in [-0.3, -0.25) is 0 Å². The van der Waals surface area contributed by atoms with Crippen LogP contribution < -0.4 is 0 Å². The first kappa shape index (κ1) is 18.0. The first-order chi connectivity index (χ1) is 12.0. The average Bonchev–Trinajstić information content (AvgIpc) is 2.62. The third-order valence-corrected chi connectivity index (χ3v) is 6.19. The Morgan fingerprint density at radius 3 is 2.20 bits per heavy atom. The normalized spacial score (nSPS) is 21.0. The lowest BCUT2D eigenvalue weighted by atomic mass is 9.80. The van der Waals surface area contributed by atoms with Crippen LogP contribution >= 0.6 is 0 Å². The van der Waals surface area contributed by atoms with Gasteiger partial charge in [-0.05, 0) is 85.3 Å². The van der Waals surface area contributed by atoms with Crippen molar-refractivity contribution in [3.05, 3.63) is 69.8 Å². The summed E-state index contributed by atoms with van der Waals surface area (Å²) in [6, 6.07) is 13.6. The number of hydrogen-bond donors (Lipinski definition) is 0. The summed E-state index contributed by atoms with van der Waals surface area (Å²) in [5.74, 6) is 1.84. The van der Waals surface area contributed by atoms with E-state index < -0.39 is 0 Å². The first-order valence-electron chi connectivity index (χ1n) is 9.86. The fourth-order valence-corrected chi connectivity index (χ4v) is 3.98. The second-order valence-corrected chi connectivity index (χ2v) is 8.13. The topological polar surface area (TPSA) is 0 Å². The molecule has 0 heteroatoms. The van der Waals surface area contributed by atoms with E-state index in [0.717, 1.165) is 11.8 Å². The van der Waals surface area contributed by atoms with Crippen LogP contribution in [-0.2, 0) is 6.42 Å². The van der Waals surface area contributed by atoms with Gasteiger partial charge in [0, 0.05) is 1.43 Å². The zero-order valence-corrected chi connectivity index (χ0v) is 16.3. The SMILES string of the molecule is Cc1ccc(C=Cc2ccc(CC3CCC(C)CC3)cc2)c(C)c1C.[HH]. The van der Waals surface area contributed by atoms with Gasteiger partial charge in [0.25, 0.3) is 0 Å². The minimum Gasteiger partial charge on any atom is -0.0625 e. The van der Waals surface area contributed by atoms with Crippen molar-refractivity contribution in [1.82, 2.24) is 0 Å². The largest absolute Gasteiger partial charge is 0.0625 e. The first-order valence-corrected chi connectivity index (χ1v) is 9.86. The predicted molar refractivity (Wildman–Crippen MR) is 113 cm³/mol. The fraction of sp³-hybridized carbons (Fsp3) is 0.440. The summed E-state index contributed by atoms with van der Waals surface area (Å²) < 4.78 is 0. The average molecular weight is 335 g/mol. The standard InChI is InChI=1S/C25H32.H2/c1-18-5-8-23(9-6-18)17-24-12-10-22(11-13-24)14-16-25-15-7-19(2)20(3)21(25)4;/h7,10-16,18,23H,5-6,8-9,17H2,1-4H3;1H. The molecular formula is C25H34. The molecule has 25 heavy (non-hydrogen) atoms. The van der Waals surface area contributed by atoms with E-state index in [4.69, 9.17) is 0 Å². The van der Waals surface area contributed by atoms with E-state index >= 15 is 0 Å². The van der Waals surface area contributed by atoms with Gasteiger partial charge in [0.15, 0.2) is 0 Å². The van der Waals surface area contributed by atoms with Crippen molar-refractivity contribution in [3.8, 4) is 0 Å². The molecule has 2 aromatic carbocycles. The summed E-state index contributed by atoms with van der Waals surface area (Å²) >= 11 is 0. The molecule has 1 fully saturated rings. The van der Waals surface area contributed by atoms with Crippen LogP contribution in [-0.4, -0.2) is 0 Å². The Kier molecular flexibility index (Phi) is 5.78. The smallest absolute Gasteiger partial charge is 0 e. The van der Waals surface area contributed by atoms with Crippen molar-refractivity contribution in [2.75, 3.05) is 0 Å². The van der Waals surface area contributed by atoms with Gasteiger partial charge in [0.05, 0.1) is 0 Å². The molecule has 0 aliphatic heterocycles. The highest BCUT2D eigenvalue weighted by Crippen LogP contribution is 2.30. The highest BCUT2D eigenvalue weighted by atomic mass is 14.2. The second-order valence-electron chi connectivity index (χ2n) is 8.13. The van der Waals surface area contributed by atoms with Gasteiger partial charge in [-0.15, -0.1) is 0 Å². The zero-order valence-electron chi connectivity index (χ0n) is 16.3. The maximum atomic E-state index is 2.40. The lowest BCUT2D eigenvalue weighted by Crippen LogP contribution is -2.14. The molecule has 1 aliphatic carbocycles. The Bertz CT molecular complexity index is 731. The van der Waals surface area contributed by atoms with Crippen molar-refractivity contribution in [3.63, 3.8) is 0 Å². The summed E-state index contributed by atoms with van der Waals surface area (Å²) in [5.41, 5.74) is 8.27. The van der Waals surface area contributed by atoms with Gasteiger partial charge in [0.1, 0.15) is 0 Å². The summed E-state index contributed by atoms with van der Waals surface area (Å²) in [6.07, 6.45) is 11.4. The highest BCUT2D eigenvalue weighted by Gasteiger charge is 2.18. The molecule has 0 heterocycles. The number of aryl methyl sites for hydroxylation is 1. The maximum absolute atomic E-state index is 2.40. The van der Waals surface area contributed by atoms with E-state index in [1.54, 1.807) is 0 Å². The maximum Gasteiger partial charge on any atom is 0 e. The Labute approximate surface area is 155 Å². The Morgan fingerprint density at radius 2 is 1.52 bits per heavy atom. The molecule has 3 rings (SSSR count). The van der Waals surface area contributed by atoms with E-state index in [1.807, 2.05) is 0 Å². The van der Waals surface area contributed by atoms with Crippen LogP contribution in [0.4, 0.5) is 0 Å². The van der Waals surface area contributed by atoms with Crippen LogP contribution in [0.3, 0.4) is 0 Å². The molecule has 0 nitrogen and oxygen atoms in total. The molecule has 1 saturated carbocycles. The van der Waals surface area contributed by atoms with Crippen LogP contribution in [0.5, 0.6) is 0 Å². The Morgan fingerprint density at radius 1 is 0.840 bits per heavy atom. The van der Waals surface area contributed by atoms with Crippen molar-refractivity contribution in [1.29, 1.82) is 0 Å². The van der Waals surface area contributed by atoms with Crippen LogP contribution in [0.15, 0.2) is 36.4 Å². The lowest BCUT2D eigenvalue weighted by molar-refractivity contribution is 0.289. The van der Waals surface area contributed by atoms with Gasteiger partial charge in [-0.2, -0.15) is 0 Å². The van der Waals surface area contributed by atoms with Crippen molar-refractivity contribution in [2.45, 2.75) is 59.8 Å². The molecule has 0 bridgehead atoms. The summed E-state index contributed by atoms with van der Waals surface area (Å²) in [4.78, 5) is 0. The molecule has 0 saturated heterocycles. The van der Waals surface area contributed by atoms with E-state index in [9.17, 15) is 0 Å². The predicted octanol–water partition coefficient (Wildman–Crippen LogP) is 7.40. The van der Waals surface area contributed by atoms with Gasteiger partial charge in [0.2, 0.25) is 0 Å². The minimum atomic E-state index is 0. The van der Waals surface area contributed by atoms with Crippen LogP contribution in [0.2, 0.25) is 0 Å². The van der Waals surface area contributed by atoms with Crippen LogP contribution in [0.1, 0.15) is 67.4 Å². The third kappa shape index (κ3) is 4.63. The summed E-state index contributed by atoms with van der Waals surface area (Å²) in [5, 5.41) is 0. The highest BCUT2D eigenvalue weighted by molar-refractivity contribution is 5.72. The zero-order chi connectivity index (χ0) is 17.8. The molecule has 0 amide bonds. The molecule has 0 atom stereocenters. The molecule has 0 aromatic heterocycles. The van der Waals surface area contributed by atoms with Crippen molar-refractivity contribution >= 4 is 12.2 Å². The lowest BCUT2D eigenvalue weighted by Gasteiger charge is -2.26. The molecule has 0 N–H and O–H groups in total. The quantitative estimate of drug-likeness (QED) is 0.511. The van der Waals surface area contributed by atoms with Gasteiger partial charge in [-0.1, -0.05) is 68.3 Å². The van der Waals surface area contributed by atoms with Crippen molar-refractivity contribution < 1.29 is 1.43 Å². The van der Waals surface area contributed by atoms with Crippen molar-refractivity contribution in [2.24, 2.45) is 11.8 Å². The fourth-order valence-electron chi connectivity index (χ4n) is 3.98. The molecule has 1 aliphatic rings. The van der Waals surface area contributed by atoms with Gasteiger partial charge in [-0.25, -0.2) is 0 Å². The Hall–Kier alpha value is -1.82. The molecular weight excluding hydrogens is 300 g/mol. The van der Waals surface area contributed by atoms with E-state index in [0.29, 0.717) is 0 Å². The molecule has 0 spiro atoms. The number of hydrogen-bond acceptors (Lipinski definition) is 0. The monoisotopic (exact) mass is 334 g/mol. The van der Waals surface area contributed by atoms with E-state index in [-0.39, 0.29) is 1.43 Å². The van der Waals surface area contributed by atoms with E-state index in [1.165, 1.54) is 65.5 Å². The third-order valence-electron chi connectivity index (χ3n) is 6.19. The Balaban J connectivity index is 0.00000243. The molecule has 2 aromatic rings. The van der Waals surface area contributed by atoms with Crippen LogP contribution in [0, 0.1) is 32.6 Å². The number of rotatable bonds is 4.